The maximum atomic E-state index is 13.4. The first-order valence-corrected chi connectivity index (χ1v) is 12.2. The smallest absolute Gasteiger partial charge is 0.336 e. The second-order valence-corrected chi connectivity index (χ2v) is 9.19. The summed E-state index contributed by atoms with van der Waals surface area (Å²) >= 11 is 7.84. The van der Waals surface area contributed by atoms with Gasteiger partial charge in [0.15, 0.2) is 5.16 Å². The van der Waals surface area contributed by atoms with Gasteiger partial charge in [-0.25, -0.2) is 9.78 Å². The van der Waals surface area contributed by atoms with Crippen molar-refractivity contribution in [3.63, 3.8) is 0 Å². The van der Waals surface area contributed by atoms with Crippen molar-refractivity contribution >= 4 is 45.2 Å². The van der Waals surface area contributed by atoms with Gasteiger partial charge >= 0.3 is 5.63 Å². The quantitative estimate of drug-likeness (QED) is 0.179. The monoisotopic (exact) mass is 489 g/mol. The average molecular weight is 490 g/mol. The molecule has 0 radical (unpaired) electrons. The van der Waals surface area contributed by atoms with E-state index in [9.17, 15) is 9.59 Å². The second kappa shape index (κ2) is 9.44. The molecule has 0 spiro atoms. The zero-order chi connectivity index (χ0) is 23.7. The molecule has 0 aliphatic carbocycles. The summed E-state index contributed by atoms with van der Waals surface area (Å²) in [6.45, 7) is 2.34. The lowest BCUT2D eigenvalue weighted by Gasteiger charge is -2.14. The molecule has 3 heterocycles. The normalized spacial score (nSPS) is 11.4. The van der Waals surface area contributed by atoms with Crippen molar-refractivity contribution in [3.05, 3.63) is 109 Å². The van der Waals surface area contributed by atoms with E-state index in [1.165, 1.54) is 17.8 Å². The molecule has 3 aromatic heterocycles. The highest BCUT2D eigenvalue weighted by atomic mass is 35.5. The number of nitrogens with zero attached hydrogens (tertiary/aromatic N) is 3. The largest absolute Gasteiger partial charge is 0.423 e. The molecule has 0 unspecified atom stereocenters. The maximum Gasteiger partial charge on any atom is 0.336 e. The van der Waals surface area contributed by atoms with Gasteiger partial charge in [0.25, 0.3) is 5.56 Å². The summed E-state index contributed by atoms with van der Waals surface area (Å²) in [6.07, 6.45) is 4.17. The predicted molar refractivity (Wildman–Crippen MR) is 136 cm³/mol. The minimum Gasteiger partial charge on any atom is -0.423 e. The second-order valence-electron chi connectivity index (χ2n) is 7.84. The number of halogens is 1. The van der Waals surface area contributed by atoms with Crippen LogP contribution in [0.15, 0.2) is 86.2 Å². The molecule has 0 amide bonds. The fourth-order valence-electron chi connectivity index (χ4n) is 3.89. The van der Waals surface area contributed by atoms with Crippen molar-refractivity contribution in [1.29, 1.82) is 0 Å². The van der Waals surface area contributed by atoms with Crippen LogP contribution in [0.2, 0.25) is 5.02 Å². The van der Waals surface area contributed by atoms with Gasteiger partial charge in [-0.05, 0) is 53.4 Å². The topological polar surface area (TPSA) is 78.0 Å². The summed E-state index contributed by atoms with van der Waals surface area (Å²) in [5.41, 5.74) is 3.18. The van der Waals surface area contributed by atoms with Crippen LogP contribution in [0.5, 0.6) is 0 Å². The van der Waals surface area contributed by atoms with Crippen LogP contribution in [0.1, 0.15) is 23.6 Å². The summed E-state index contributed by atoms with van der Waals surface area (Å²) in [7, 11) is 0. The van der Waals surface area contributed by atoms with E-state index in [2.05, 4.69) is 4.98 Å². The lowest BCUT2D eigenvalue weighted by atomic mass is 10.1. The van der Waals surface area contributed by atoms with Crippen molar-refractivity contribution in [2.45, 2.75) is 30.8 Å². The molecule has 34 heavy (non-hydrogen) atoms. The summed E-state index contributed by atoms with van der Waals surface area (Å²) in [5.74, 6) is 0.418. The Morgan fingerprint density at radius 2 is 1.88 bits per heavy atom. The van der Waals surface area contributed by atoms with Crippen molar-refractivity contribution in [1.82, 2.24) is 14.5 Å². The molecule has 0 saturated heterocycles. The Balaban J connectivity index is 1.58. The molecule has 0 N–H and O–H groups in total. The molecule has 6 nitrogen and oxygen atoms in total. The maximum absolute atomic E-state index is 13.4. The van der Waals surface area contributed by atoms with Crippen molar-refractivity contribution < 1.29 is 4.42 Å². The minimum absolute atomic E-state index is 0.120. The van der Waals surface area contributed by atoms with E-state index in [1.807, 2.05) is 49.4 Å². The van der Waals surface area contributed by atoms with Crippen molar-refractivity contribution in [3.8, 4) is 0 Å². The summed E-state index contributed by atoms with van der Waals surface area (Å²) in [4.78, 5) is 34.5. The molecule has 0 bridgehead atoms. The molecule has 5 rings (SSSR count). The molecule has 2 aromatic carbocycles. The average Bonchev–Trinajstić information content (AvgIpc) is 2.85. The van der Waals surface area contributed by atoms with E-state index in [-0.39, 0.29) is 5.56 Å². The Bertz CT molecular complexity index is 1630. The predicted octanol–water partition coefficient (Wildman–Crippen LogP) is 5.45. The molecule has 170 valence electrons. The van der Waals surface area contributed by atoms with E-state index < -0.39 is 5.63 Å². The SMILES string of the molecule is CCc1cc2oc(=O)cc(CSc3nc4ccccc4c(=O)n3Cc3cccnc3)c2cc1Cl. The zero-order valence-corrected chi connectivity index (χ0v) is 19.9. The van der Waals surface area contributed by atoms with Crippen LogP contribution in [0.3, 0.4) is 0 Å². The molecule has 0 aliphatic rings. The Hall–Kier alpha value is -3.42. The Kier molecular flexibility index (Phi) is 6.22. The number of para-hydroxylation sites is 1. The zero-order valence-electron chi connectivity index (χ0n) is 18.3. The molecule has 0 atom stereocenters. The lowest BCUT2D eigenvalue weighted by molar-refractivity contribution is 0.559. The Labute approximate surface area is 204 Å². The highest BCUT2D eigenvalue weighted by molar-refractivity contribution is 7.98. The summed E-state index contributed by atoms with van der Waals surface area (Å²) < 4.78 is 7.08. The minimum atomic E-state index is -0.424. The third kappa shape index (κ3) is 4.36. The molecular weight excluding hydrogens is 470 g/mol. The van der Waals surface area contributed by atoms with Crippen LogP contribution in [0.25, 0.3) is 21.9 Å². The fourth-order valence-corrected chi connectivity index (χ4v) is 5.18. The van der Waals surface area contributed by atoms with Crippen LogP contribution in [0.4, 0.5) is 0 Å². The van der Waals surface area contributed by atoms with Crippen LogP contribution < -0.4 is 11.2 Å². The van der Waals surface area contributed by atoms with Gasteiger partial charge in [0.2, 0.25) is 0 Å². The van der Waals surface area contributed by atoms with Crippen LogP contribution in [-0.2, 0) is 18.7 Å². The number of thioether (sulfide) groups is 1. The number of benzene rings is 2. The number of aryl methyl sites for hydroxylation is 1. The first-order valence-electron chi connectivity index (χ1n) is 10.8. The molecule has 0 saturated carbocycles. The Morgan fingerprint density at radius 3 is 2.68 bits per heavy atom. The number of pyridine rings is 1. The van der Waals surface area contributed by atoms with Crippen LogP contribution in [0, 0.1) is 0 Å². The number of hydrogen-bond acceptors (Lipinski definition) is 6. The van der Waals surface area contributed by atoms with E-state index in [0.717, 1.165) is 28.5 Å². The molecule has 8 heteroatoms. The highest BCUT2D eigenvalue weighted by Crippen LogP contribution is 2.30. The third-order valence-corrected chi connectivity index (χ3v) is 7.00. The van der Waals surface area contributed by atoms with Crippen molar-refractivity contribution in [2.24, 2.45) is 0 Å². The lowest BCUT2D eigenvalue weighted by Crippen LogP contribution is -2.24. The highest BCUT2D eigenvalue weighted by Gasteiger charge is 2.15. The number of rotatable bonds is 6. The van der Waals surface area contributed by atoms with Gasteiger partial charge in [0.1, 0.15) is 5.58 Å². The Morgan fingerprint density at radius 1 is 1.03 bits per heavy atom. The van der Waals surface area contributed by atoms with E-state index in [4.69, 9.17) is 21.0 Å². The van der Waals surface area contributed by atoms with Gasteiger partial charge in [-0.15, -0.1) is 0 Å². The van der Waals surface area contributed by atoms with E-state index in [0.29, 0.717) is 39.0 Å². The number of aromatic nitrogens is 3. The van der Waals surface area contributed by atoms with Crippen LogP contribution >= 0.6 is 23.4 Å². The van der Waals surface area contributed by atoms with Gasteiger partial charge < -0.3 is 4.42 Å². The third-order valence-electron chi connectivity index (χ3n) is 5.62. The van der Waals surface area contributed by atoms with Gasteiger partial charge in [-0.2, -0.15) is 0 Å². The first kappa shape index (κ1) is 22.4. The van der Waals surface area contributed by atoms with Crippen LogP contribution in [-0.4, -0.2) is 14.5 Å². The fraction of sp³-hybridized carbons (Fsp3) is 0.154. The van der Waals surface area contributed by atoms with Gasteiger partial charge in [0, 0.05) is 34.6 Å². The number of hydrogen-bond donors (Lipinski definition) is 0. The van der Waals surface area contributed by atoms with E-state index >= 15 is 0 Å². The van der Waals surface area contributed by atoms with Crippen molar-refractivity contribution in [2.75, 3.05) is 0 Å². The molecular formula is C26H20ClN3O3S. The van der Waals surface area contributed by atoms with Gasteiger partial charge in [0.05, 0.1) is 17.4 Å². The summed E-state index contributed by atoms with van der Waals surface area (Å²) in [6, 6.07) is 16.2. The summed E-state index contributed by atoms with van der Waals surface area (Å²) in [5, 5.41) is 2.52. The molecule has 0 fully saturated rings. The number of fused-ring (bicyclic) bond motifs is 2. The molecule has 0 aliphatic heterocycles. The molecule has 5 aromatic rings. The van der Waals surface area contributed by atoms with Gasteiger partial charge in [-0.3, -0.25) is 14.3 Å². The van der Waals surface area contributed by atoms with E-state index in [1.54, 1.807) is 23.0 Å². The first-order chi connectivity index (χ1) is 16.5. The van der Waals surface area contributed by atoms with Gasteiger partial charge in [-0.1, -0.05) is 48.5 Å². The standard InChI is InChI=1S/C26H20ClN3O3S/c1-2-17-10-23-20(12-21(17)27)18(11-24(31)33-23)15-34-26-29-22-8-4-3-7-19(22)25(32)30(26)14-16-6-5-9-28-13-16/h3-13H,2,14-15H2,1H3.